The third-order valence-corrected chi connectivity index (χ3v) is 5.27. The largest absolute Gasteiger partial charge is 0.497 e. The zero-order valence-electron chi connectivity index (χ0n) is 13.8. The lowest BCUT2D eigenvalue weighted by Crippen LogP contribution is -2.50. The van der Waals surface area contributed by atoms with Crippen LogP contribution in [-0.2, 0) is 10.2 Å². The van der Waals surface area contributed by atoms with Gasteiger partial charge in [-0.25, -0.2) is 0 Å². The molecule has 22 heavy (non-hydrogen) atoms. The number of rotatable bonds is 3. The second kappa shape index (κ2) is 5.79. The Morgan fingerprint density at radius 2 is 2.23 bits per heavy atom. The van der Waals surface area contributed by atoms with Crippen LogP contribution in [0.25, 0.3) is 0 Å². The van der Waals surface area contributed by atoms with E-state index in [-0.39, 0.29) is 11.3 Å². The monoisotopic (exact) mass is 299 g/mol. The predicted octanol–water partition coefficient (Wildman–Crippen LogP) is 3.54. The third kappa shape index (κ3) is 2.33. The van der Waals surface area contributed by atoms with E-state index < -0.39 is 0 Å². The van der Waals surface area contributed by atoms with E-state index in [4.69, 9.17) is 4.74 Å². The molecule has 0 radical (unpaired) electrons. The first-order chi connectivity index (χ1) is 10.6. The summed E-state index contributed by atoms with van der Waals surface area (Å²) >= 11 is 0. The molecular weight excluding hydrogens is 274 g/mol. The number of ether oxygens (including phenoxy) is 1. The van der Waals surface area contributed by atoms with E-state index in [1.165, 1.54) is 5.56 Å². The summed E-state index contributed by atoms with van der Waals surface area (Å²) in [6.45, 7) is 5.98. The molecule has 1 aliphatic carbocycles. The second-order valence-electron chi connectivity index (χ2n) is 6.61. The standard InChI is InChI=1S/C19H25NO2/c1-4-20-11-10-19(15-6-5-7-16(12-15)22-3)13-14(2)8-9-17(19)18(20)21/h5-7,9,12,14H,4,8,10-11,13H2,1-3H3/t14-,19+/m0/s1. The number of likely N-dealkylation sites (tertiary alicyclic amines) is 1. The molecular formula is C19H25NO2. The molecule has 1 aromatic carbocycles. The molecule has 0 bridgehead atoms. The van der Waals surface area contributed by atoms with Crippen LogP contribution in [0.5, 0.6) is 5.75 Å². The quantitative estimate of drug-likeness (QED) is 0.854. The van der Waals surface area contributed by atoms with Crippen LogP contribution < -0.4 is 4.74 Å². The minimum Gasteiger partial charge on any atom is -0.497 e. The fourth-order valence-electron chi connectivity index (χ4n) is 4.07. The van der Waals surface area contributed by atoms with Crippen molar-refractivity contribution in [1.29, 1.82) is 0 Å². The van der Waals surface area contributed by atoms with Gasteiger partial charge in [0.2, 0.25) is 5.91 Å². The Hall–Kier alpha value is -1.77. The van der Waals surface area contributed by atoms with Crippen molar-refractivity contribution in [3.8, 4) is 5.75 Å². The normalized spacial score (nSPS) is 28.1. The molecule has 2 atom stereocenters. The molecule has 0 aromatic heterocycles. The van der Waals surface area contributed by atoms with Crippen LogP contribution in [0, 0.1) is 5.92 Å². The van der Waals surface area contributed by atoms with E-state index in [2.05, 4.69) is 32.1 Å². The summed E-state index contributed by atoms with van der Waals surface area (Å²) in [4.78, 5) is 14.8. The smallest absolute Gasteiger partial charge is 0.250 e. The third-order valence-electron chi connectivity index (χ3n) is 5.27. The fourth-order valence-corrected chi connectivity index (χ4v) is 4.07. The Kier molecular flexibility index (Phi) is 3.98. The number of methoxy groups -OCH3 is 1. The van der Waals surface area contributed by atoms with Crippen LogP contribution in [0.3, 0.4) is 0 Å². The van der Waals surface area contributed by atoms with Gasteiger partial charge in [-0.15, -0.1) is 0 Å². The van der Waals surface area contributed by atoms with Crippen LogP contribution >= 0.6 is 0 Å². The number of allylic oxidation sites excluding steroid dienone is 1. The van der Waals surface area contributed by atoms with Gasteiger partial charge in [0.25, 0.3) is 0 Å². The highest BCUT2D eigenvalue weighted by Crippen LogP contribution is 2.48. The van der Waals surface area contributed by atoms with Crippen LogP contribution in [-0.4, -0.2) is 31.0 Å². The number of carbonyl (C=O) groups is 1. The van der Waals surface area contributed by atoms with Crippen molar-refractivity contribution in [2.24, 2.45) is 5.92 Å². The van der Waals surface area contributed by atoms with Gasteiger partial charge in [-0.1, -0.05) is 25.1 Å². The maximum Gasteiger partial charge on any atom is 0.250 e. The Labute approximate surface area is 133 Å². The molecule has 3 heteroatoms. The van der Waals surface area contributed by atoms with Gasteiger partial charge >= 0.3 is 0 Å². The molecule has 2 aliphatic rings. The minimum atomic E-state index is -0.130. The molecule has 0 saturated carbocycles. The Balaban J connectivity index is 2.09. The molecule has 3 rings (SSSR count). The van der Waals surface area contributed by atoms with Crippen molar-refractivity contribution >= 4 is 5.91 Å². The van der Waals surface area contributed by atoms with Crippen LogP contribution in [0.15, 0.2) is 35.9 Å². The van der Waals surface area contributed by atoms with E-state index in [1.54, 1.807) is 7.11 Å². The maximum absolute atomic E-state index is 12.9. The van der Waals surface area contributed by atoms with Gasteiger partial charge in [0.1, 0.15) is 5.75 Å². The van der Waals surface area contributed by atoms with E-state index in [9.17, 15) is 4.79 Å². The van der Waals surface area contributed by atoms with Gasteiger partial charge in [-0.3, -0.25) is 4.79 Å². The van der Waals surface area contributed by atoms with E-state index in [0.717, 1.165) is 43.7 Å². The number of amides is 1. The Morgan fingerprint density at radius 3 is 2.95 bits per heavy atom. The number of likely N-dealkylation sites (N-methyl/N-ethyl adjacent to an activating group) is 1. The van der Waals surface area contributed by atoms with Gasteiger partial charge in [0.15, 0.2) is 0 Å². The predicted molar refractivity (Wildman–Crippen MR) is 88.0 cm³/mol. The highest BCUT2D eigenvalue weighted by Gasteiger charge is 2.46. The minimum absolute atomic E-state index is 0.130. The molecule has 1 saturated heterocycles. The molecule has 118 valence electrons. The Morgan fingerprint density at radius 1 is 1.41 bits per heavy atom. The molecule has 1 fully saturated rings. The first kappa shape index (κ1) is 15.1. The lowest BCUT2D eigenvalue weighted by atomic mass is 9.61. The summed E-state index contributed by atoms with van der Waals surface area (Å²) in [6, 6.07) is 8.28. The maximum atomic E-state index is 12.9. The summed E-state index contributed by atoms with van der Waals surface area (Å²) in [6.07, 6.45) is 5.26. The fraction of sp³-hybridized carbons (Fsp3) is 0.526. The molecule has 1 heterocycles. The van der Waals surface area contributed by atoms with Crippen molar-refractivity contribution in [3.05, 3.63) is 41.5 Å². The summed E-state index contributed by atoms with van der Waals surface area (Å²) in [5, 5.41) is 0. The lowest BCUT2D eigenvalue weighted by Gasteiger charge is -2.47. The van der Waals surface area contributed by atoms with E-state index in [0.29, 0.717) is 5.92 Å². The summed E-state index contributed by atoms with van der Waals surface area (Å²) in [5.74, 6) is 1.70. The van der Waals surface area contributed by atoms with Gasteiger partial charge in [0.05, 0.1) is 7.11 Å². The first-order valence-corrected chi connectivity index (χ1v) is 8.25. The SMILES string of the molecule is CCN1CC[C@]2(c3cccc(OC)c3)C[C@@H](C)CC=C2C1=O. The summed E-state index contributed by atoms with van der Waals surface area (Å²) in [5.41, 5.74) is 2.11. The highest BCUT2D eigenvalue weighted by atomic mass is 16.5. The number of nitrogens with zero attached hydrogens (tertiary/aromatic N) is 1. The average molecular weight is 299 g/mol. The zero-order valence-corrected chi connectivity index (χ0v) is 13.8. The molecule has 1 aliphatic heterocycles. The van der Waals surface area contributed by atoms with Crippen molar-refractivity contribution in [2.45, 2.75) is 38.5 Å². The Bertz CT molecular complexity index is 607. The van der Waals surface area contributed by atoms with Crippen molar-refractivity contribution in [1.82, 2.24) is 4.90 Å². The molecule has 1 aromatic rings. The van der Waals surface area contributed by atoms with Crippen molar-refractivity contribution in [2.75, 3.05) is 20.2 Å². The number of benzene rings is 1. The lowest BCUT2D eigenvalue weighted by molar-refractivity contribution is -0.130. The van der Waals surface area contributed by atoms with Gasteiger partial charge in [0, 0.05) is 24.1 Å². The number of piperidine rings is 1. The topological polar surface area (TPSA) is 29.5 Å². The summed E-state index contributed by atoms with van der Waals surface area (Å²) in [7, 11) is 1.70. The van der Waals surface area contributed by atoms with Crippen LogP contribution in [0.1, 0.15) is 38.7 Å². The van der Waals surface area contributed by atoms with E-state index in [1.807, 2.05) is 17.0 Å². The molecule has 0 spiro atoms. The summed E-state index contributed by atoms with van der Waals surface area (Å²) < 4.78 is 5.40. The highest BCUT2D eigenvalue weighted by molar-refractivity contribution is 5.97. The number of fused-ring (bicyclic) bond motifs is 1. The van der Waals surface area contributed by atoms with Gasteiger partial charge < -0.3 is 9.64 Å². The first-order valence-electron chi connectivity index (χ1n) is 8.25. The van der Waals surface area contributed by atoms with Crippen molar-refractivity contribution in [3.63, 3.8) is 0 Å². The van der Waals surface area contributed by atoms with Gasteiger partial charge in [-0.05, 0) is 49.8 Å². The zero-order chi connectivity index (χ0) is 15.7. The second-order valence-corrected chi connectivity index (χ2v) is 6.61. The number of hydrogen-bond acceptors (Lipinski definition) is 2. The average Bonchev–Trinajstić information content (AvgIpc) is 2.55. The van der Waals surface area contributed by atoms with Gasteiger partial charge in [-0.2, -0.15) is 0 Å². The number of carbonyl (C=O) groups excluding carboxylic acids is 1. The molecule has 0 N–H and O–H groups in total. The van der Waals surface area contributed by atoms with E-state index >= 15 is 0 Å². The number of hydrogen-bond donors (Lipinski definition) is 0. The molecule has 0 unspecified atom stereocenters. The molecule has 3 nitrogen and oxygen atoms in total. The van der Waals surface area contributed by atoms with Crippen molar-refractivity contribution < 1.29 is 9.53 Å². The van der Waals surface area contributed by atoms with Crippen LogP contribution in [0.4, 0.5) is 0 Å². The van der Waals surface area contributed by atoms with Crippen LogP contribution in [0.2, 0.25) is 0 Å². The molecule has 1 amide bonds.